The van der Waals surface area contributed by atoms with Crippen molar-refractivity contribution in [1.82, 2.24) is 0 Å². The lowest BCUT2D eigenvalue weighted by Crippen LogP contribution is -2.15. The summed E-state index contributed by atoms with van der Waals surface area (Å²) in [6, 6.07) is 9.62. The number of hydrogen-bond acceptors (Lipinski definition) is 1. The molecule has 19 heavy (non-hydrogen) atoms. The predicted octanol–water partition coefficient (Wildman–Crippen LogP) is 4.68. The molecular formula is C15H14Cl2FN. The van der Waals surface area contributed by atoms with E-state index in [4.69, 9.17) is 28.9 Å². The third-order valence-electron chi connectivity index (χ3n) is 3.09. The lowest BCUT2D eigenvalue weighted by molar-refractivity contribution is 0.622. The van der Waals surface area contributed by atoms with Crippen LogP contribution in [0.4, 0.5) is 4.39 Å². The van der Waals surface area contributed by atoms with E-state index in [1.807, 2.05) is 25.1 Å². The van der Waals surface area contributed by atoms with Gasteiger partial charge in [0.25, 0.3) is 0 Å². The van der Waals surface area contributed by atoms with Gasteiger partial charge in [-0.3, -0.25) is 0 Å². The summed E-state index contributed by atoms with van der Waals surface area (Å²) in [4.78, 5) is 0. The molecule has 0 radical (unpaired) electrons. The van der Waals surface area contributed by atoms with Gasteiger partial charge < -0.3 is 5.73 Å². The highest BCUT2D eigenvalue weighted by atomic mass is 35.5. The SMILES string of the molecule is Cc1ccc(Cl)cc1C(N)Cc1cc(F)ccc1Cl. The third-order valence-corrected chi connectivity index (χ3v) is 3.69. The molecule has 0 aromatic heterocycles. The molecule has 0 fully saturated rings. The summed E-state index contributed by atoms with van der Waals surface area (Å²) >= 11 is 12.0. The van der Waals surface area contributed by atoms with E-state index in [-0.39, 0.29) is 11.9 Å². The van der Waals surface area contributed by atoms with Gasteiger partial charge in [-0.15, -0.1) is 0 Å². The van der Waals surface area contributed by atoms with Gasteiger partial charge in [0.1, 0.15) is 5.82 Å². The number of aryl methyl sites for hydroxylation is 1. The number of rotatable bonds is 3. The number of nitrogens with two attached hydrogens (primary N) is 1. The molecule has 2 N–H and O–H groups in total. The molecule has 1 nitrogen and oxygen atoms in total. The maximum absolute atomic E-state index is 13.2. The molecule has 2 rings (SSSR count). The summed E-state index contributed by atoms with van der Waals surface area (Å²) in [6.07, 6.45) is 0.470. The lowest BCUT2D eigenvalue weighted by atomic mass is 9.96. The molecule has 4 heteroatoms. The summed E-state index contributed by atoms with van der Waals surface area (Å²) in [5.41, 5.74) is 8.89. The monoisotopic (exact) mass is 297 g/mol. The highest BCUT2D eigenvalue weighted by molar-refractivity contribution is 6.31. The molecule has 100 valence electrons. The summed E-state index contributed by atoms with van der Waals surface area (Å²) in [5, 5.41) is 1.16. The fourth-order valence-electron chi connectivity index (χ4n) is 2.06. The van der Waals surface area contributed by atoms with Crippen LogP contribution >= 0.6 is 23.2 Å². The van der Waals surface area contributed by atoms with E-state index in [0.29, 0.717) is 22.0 Å². The first-order chi connectivity index (χ1) is 8.97. The third kappa shape index (κ3) is 3.47. The molecule has 0 amide bonds. The smallest absolute Gasteiger partial charge is 0.123 e. The van der Waals surface area contributed by atoms with Gasteiger partial charge in [-0.05, 0) is 60.4 Å². The zero-order chi connectivity index (χ0) is 14.0. The molecule has 0 heterocycles. The summed E-state index contributed by atoms with van der Waals surface area (Å²) in [6.45, 7) is 1.97. The van der Waals surface area contributed by atoms with Crippen molar-refractivity contribution in [3.05, 3.63) is 69.0 Å². The van der Waals surface area contributed by atoms with Crippen LogP contribution in [0.2, 0.25) is 10.0 Å². The second kappa shape index (κ2) is 5.91. The molecule has 0 aliphatic heterocycles. The van der Waals surface area contributed by atoms with E-state index in [0.717, 1.165) is 11.1 Å². The first kappa shape index (κ1) is 14.3. The van der Waals surface area contributed by atoms with Crippen molar-refractivity contribution < 1.29 is 4.39 Å². The van der Waals surface area contributed by atoms with Gasteiger partial charge in [0.05, 0.1) is 0 Å². The number of benzene rings is 2. The van der Waals surface area contributed by atoms with E-state index in [9.17, 15) is 4.39 Å². The van der Waals surface area contributed by atoms with E-state index >= 15 is 0 Å². The summed E-state index contributed by atoms with van der Waals surface area (Å²) in [7, 11) is 0. The van der Waals surface area contributed by atoms with Crippen LogP contribution in [0.5, 0.6) is 0 Å². The molecular weight excluding hydrogens is 284 g/mol. The van der Waals surface area contributed by atoms with E-state index in [1.54, 1.807) is 6.07 Å². The molecule has 2 aromatic rings. The highest BCUT2D eigenvalue weighted by Crippen LogP contribution is 2.26. The Morgan fingerprint density at radius 3 is 2.63 bits per heavy atom. The van der Waals surface area contributed by atoms with Crippen LogP contribution < -0.4 is 5.73 Å². The Hall–Kier alpha value is -1.09. The van der Waals surface area contributed by atoms with Crippen molar-refractivity contribution in [3.63, 3.8) is 0 Å². The van der Waals surface area contributed by atoms with Crippen LogP contribution in [0.25, 0.3) is 0 Å². The Bertz CT molecular complexity index is 599. The van der Waals surface area contributed by atoms with E-state index in [1.165, 1.54) is 12.1 Å². The van der Waals surface area contributed by atoms with Crippen molar-refractivity contribution in [2.45, 2.75) is 19.4 Å². The van der Waals surface area contributed by atoms with Gasteiger partial charge in [0.2, 0.25) is 0 Å². The first-order valence-corrected chi connectivity index (χ1v) is 6.68. The molecule has 2 aromatic carbocycles. The van der Waals surface area contributed by atoms with E-state index < -0.39 is 0 Å². The van der Waals surface area contributed by atoms with Crippen molar-refractivity contribution in [3.8, 4) is 0 Å². The molecule has 0 aliphatic rings. The normalized spacial score (nSPS) is 12.5. The fraction of sp³-hybridized carbons (Fsp3) is 0.200. The van der Waals surface area contributed by atoms with Gasteiger partial charge >= 0.3 is 0 Å². The average Bonchev–Trinajstić information content (AvgIpc) is 2.36. The van der Waals surface area contributed by atoms with Crippen LogP contribution in [-0.4, -0.2) is 0 Å². The average molecular weight is 298 g/mol. The van der Waals surface area contributed by atoms with Gasteiger partial charge in [0, 0.05) is 16.1 Å². The maximum Gasteiger partial charge on any atom is 0.123 e. The largest absolute Gasteiger partial charge is 0.324 e. The Morgan fingerprint density at radius 1 is 1.16 bits per heavy atom. The predicted molar refractivity (Wildman–Crippen MR) is 78.2 cm³/mol. The molecule has 0 bridgehead atoms. The number of halogens is 3. The van der Waals surface area contributed by atoms with Crippen molar-refractivity contribution in [2.75, 3.05) is 0 Å². The van der Waals surface area contributed by atoms with E-state index in [2.05, 4.69) is 0 Å². The second-order valence-corrected chi connectivity index (χ2v) is 5.39. The van der Waals surface area contributed by atoms with Crippen LogP contribution in [0.1, 0.15) is 22.7 Å². The van der Waals surface area contributed by atoms with Gasteiger partial charge in [0.15, 0.2) is 0 Å². The van der Waals surface area contributed by atoms with Crippen LogP contribution in [0, 0.1) is 12.7 Å². The molecule has 0 saturated heterocycles. The zero-order valence-electron chi connectivity index (χ0n) is 10.5. The lowest BCUT2D eigenvalue weighted by Gasteiger charge is -2.16. The fourth-order valence-corrected chi connectivity index (χ4v) is 2.43. The Balaban J connectivity index is 2.27. The topological polar surface area (TPSA) is 26.0 Å². The van der Waals surface area contributed by atoms with Crippen LogP contribution in [0.3, 0.4) is 0 Å². The Kier molecular flexibility index (Phi) is 4.46. The minimum atomic E-state index is -0.311. The number of hydrogen-bond donors (Lipinski definition) is 1. The van der Waals surface area contributed by atoms with Gasteiger partial charge in [-0.25, -0.2) is 4.39 Å². The summed E-state index contributed by atoms with van der Waals surface area (Å²) in [5.74, 6) is -0.311. The molecule has 0 aliphatic carbocycles. The Labute approximate surface area is 122 Å². The van der Waals surface area contributed by atoms with Crippen LogP contribution in [-0.2, 0) is 6.42 Å². The standard InChI is InChI=1S/C15H14Cl2FN/c1-9-2-3-11(16)8-13(9)15(19)7-10-6-12(18)4-5-14(10)17/h2-6,8,15H,7,19H2,1H3. The van der Waals surface area contributed by atoms with Gasteiger partial charge in [-0.2, -0.15) is 0 Å². The quantitative estimate of drug-likeness (QED) is 0.874. The maximum atomic E-state index is 13.2. The minimum absolute atomic E-state index is 0.266. The zero-order valence-corrected chi connectivity index (χ0v) is 12.0. The first-order valence-electron chi connectivity index (χ1n) is 5.93. The summed E-state index contributed by atoms with van der Waals surface area (Å²) < 4.78 is 13.2. The molecule has 0 saturated carbocycles. The molecule has 1 unspecified atom stereocenters. The van der Waals surface area contributed by atoms with Gasteiger partial charge in [-0.1, -0.05) is 29.3 Å². The molecule has 1 atom stereocenters. The van der Waals surface area contributed by atoms with Crippen molar-refractivity contribution >= 4 is 23.2 Å². The minimum Gasteiger partial charge on any atom is -0.324 e. The molecule has 0 spiro atoms. The second-order valence-electron chi connectivity index (χ2n) is 4.55. The van der Waals surface area contributed by atoms with Crippen molar-refractivity contribution in [2.24, 2.45) is 5.73 Å². The van der Waals surface area contributed by atoms with Crippen LogP contribution in [0.15, 0.2) is 36.4 Å². The highest BCUT2D eigenvalue weighted by Gasteiger charge is 2.13. The Morgan fingerprint density at radius 2 is 1.89 bits per heavy atom. The van der Waals surface area contributed by atoms with Crippen molar-refractivity contribution in [1.29, 1.82) is 0 Å².